The summed E-state index contributed by atoms with van der Waals surface area (Å²) in [6.45, 7) is 2.06. The molecule has 0 fully saturated rings. The van der Waals surface area contributed by atoms with E-state index < -0.39 is 5.91 Å². The van der Waals surface area contributed by atoms with Crippen molar-refractivity contribution < 1.29 is 14.7 Å². The van der Waals surface area contributed by atoms with Gasteiger partial charge in [0.05, 0.1) is 6.04 Å². The number of pyridine rings is 1. The van der Waals surface area contributed by atoms with Gasteiger partial charge in [-0.3, -0.25) is 9.59 Å². The molecule has 2 aromatic rings. The van der Waals surface area contributed by atoms with Crippen LogP contribution in [0.2, 0.25) is 0 Å². The van der Waals surface area contributed by atoms with Crippen molar-refractivity contribution in [2.75, 3.05) is 11.4 Å². The van der Waals surface area contributed by atoms with Gasteiger partial charge in [-0.15, -0.1) is 0 Å². The lowest BCUT2D eigenvalue weighted by Crippen LogP contribution is -2.40. The van der Waals surface area contributed by atoms with Crippen molar-refractivity contribution in [2.45, 2.75) is 19.4 Å². The second-order valence-electron chi connectivity index (χ2n) is 5.42. The van der Waals surface area contributed by atoms with E-state index in [2.05, 4.69) is 10.3 Å². The molecule has 1 aliphatic heterocycles. The second kappa shape index (κ2) is 6.08. The molecule has 2 heterocycles. The molecule has 0 radical (unpaired) electrons. The molecule has 0 spiro atoms. The SMILES string of the molecule is CC(=O)N1CCC(NC(=O)c2ncccc2O)c2ccccc21. The zero-order valence-electron chi connectivity index (χ0n) is 12.7. The quantitative estimate of drug-likeness (QED) is 0.889. The van der Waals surface area contributed by atoms with Crippen LogP contribution in [0.5, 0.6) is 5.75 Å². The van der Waals surface area contributed by atoms with Crippen molar-refractivity contribution in [3.8, 4) is 5.75 Å². The largest absolute Gasteiger partial charge is 0.505 e. The molecule has 1 aromatic carbocycles. The van der Waals surface area contributed by atoms with Crippen molar-refractivity contribution in [1.29, 1.82) is 0 Å². The van der Waals surface area contributed by atoms with E-state index in [1.165, 1.54) is 19.2 Å². The highest BCUT2D eigenvalue weighted by Gasteiger charge is 2.28. The van der Waals surface area contributed by atoms with Crippen LogP contribution in [0.3, 0.4) is 0 Å². The predicted molar refractivity (Wildman–Crippen MR) is 85.2 cm³/mol. The molecule has 6 heteroatoms. The molecule has 118 valence electrons. The average Bonchev–Trinajstić information content (AvgIpc) is 2.55. The number of para-hydroxylation sites is 1. The number of hydrogen-bond acceptors (Lipinski definition) is 4. The Labute approximate surface area is 133 Å². The number of carbonyl (C=O) groups is 2. The minimum absolute atomic E-state index is 0.000946. The van der Waals surface area contributed by atoms with Crippen LogP contribution in [0.1, 0.15) is 35.4 Å². The number of aromatic hydroxyl groups is 1. The molecule has 1 aromatic heterocycles. The molecule has 3 rings (SSSR count). The first kappa shape index (κ1) is 15.0. The number of aromatic nitrogens is 1. The van der Waals surface area contributed by atoms with Gasteiger partial charge in [0, 0.05) is 25.4 Å². The van der Waals surface area contributed by atoms with Crippen LogP contribution in [0.15, 0.2) is 42.6 Å². The van der Waals surface area contributed by atoms with Gasteiger partial charge in [-0.25, -0.2) is 4.98 Å². The number of carbonyl (C=O) groups excluding carboxylic acids is 2. The number of rotatable bonds is 2. The summed E-state index contributed by atoms with van der Waals surface area (Å²) in [5.41, 5.74) is 1.69. The summed E-state index contributed by atoms with van der Waals surface area (Å²) in [7, 11) is 0. The van der Waals surface area contributed by atoms with E-state index >= 15 is 0 Å². The topological polar surface area (TPSA) is 82.5 Å². The van der Waals surface area contributed by atoms with Gasteiger partial charge < -0.3 is 15.3 Å². The van der Waals surface area contributed by atoms with Crippen molar-refractivity contribution in [3.63, 3.8) is 0 Å². The Morgan fingerprint density at radius 3 is 2.78 bits per heavy atom. The highest BCUT2D eigenvalue weighted by Crippen LogP contribution is 2.34. The van der Waals surface area contributed by atoms with Gasteiger partial charge in [0.25, 0.3) is 5.91 Å². The Bertz CT molecular complexity index is 760. The van der Waals surface area contributed by atoms with Gasteiger partial charge >= 0.3 is 0 Å². The maximum Gasteiger partial charge on any atom is 0.274 e. The van der Waals surface area contributed by atoms with Gasteiger partial charge in [-0.1, -0.05) is 18.2 Å². The minimum Gasteiger partial charge on any atom is -0.505 e. The van der Waals surface area contributed by atoms with Crippen LogP contribution in [-0.2, 0) is 4.79 Å². The fourth-order valence-corrected chi connectivity index (χ4v) is 2.84. The third-order valence-corrected chi connectivity index (χ3v) is 3.93. The van der Waals surface area contributed by atoms with E-state index in [1.54, 1.807) is 11.0 Å². The number of nitrogens with one attached hydrogen (secondary N) is 1. The van der Waals surface area contributed by atoms with Crippen molar-refractivity contribution >= 4 is 17.5 Å². The Hall–Kier alpha value is -2.89. The number of nitrogens with zero attached hydrogens (tertiary/aromatic N) is 2. The summed E-state index contributed by atoms with van der Waals surface area (Å²) in [6.07, 6.45) is 2.07. The molecule has 0 aliphatic carbocycles. The lowest BCUT2D eigenvalue weighted by Gasteiger charge is -2.34. The number of amides is 2. The summed E-state index contributed by atoms with van der Waals surface area (Å²) in [5.74, 6) is -0.608. The first-order valence-corrected chi connectivity index (χ1v) is 7.40. The number of anilines is 1. The van der Waals surface area contributed by atoms with Crippen LogP contribution >= 0.6 is 0 Å². The van der Waals surface area contributed by atoms with E-state index in [9.17, 15) is 14.7 Å². The van der Waals surface area contributed by atoms with Crippen LogP contribution in [0.25, 0.3) is 0 Å². The molecule has 1 atom stereocenters. The van der Waals surface area contributed by atoms with Crippen LogP contribution in [0, 0.1) is 0 Å². The number of fused-ring (bicyclic) bond motifs is 1. The van der Waals surface area contributed by atoms with E-state index in [0.717, 1.165) is 11.3 Å². The third kappa shape index (κ3) is 2.88. The van der Waals surface area contributed by atoms with Gasteiger partial charge in [0.15, 0.2) is 5.69 Å². The lowest BCUT2D eigenvalue weighted by atomic mass is 9.96. The molecular weight excluding hydrogens is 294 g/mol. The number of benzene rings is 1. The van der Waals surface area contributed by atoms with E-state index in [1.807, 2.05) is 24.3 Å². The van der Waals surface area contributed by atoms with Crippen molar-refractivity contribution in [2.24, 2.45) is 0 Å². The van der Waals surface area contributed by atoms with Gasteiger partial charge in [-0.2, -0.15) is 0 Å². The first-order valence-electron chi connectivity index (χ1n) is 7.40. The molecule has 0 saturated carbocycles. The van der Waals surface area contributed by atoms with E-state index in [-0.39, 0.29) is 23.4 Å². The average molecular weight is 311 g/mol. The second-order valence-corrected chi connectivity index (χ2v) is 5.42. The standard InChI is InChI=1S/C17H17N3O3/c1-11(21)20-10-8-13(12-5-2-3-6-14(12)20)19-17(23)16-15(22)7-4-9-18-16/h2-7,9,13,22H,8,10H2,1H3,(H,19,23). The summed E-state index contributed by atoms with van der Waals surface area (Å²) in [4.78, 5) is 29.7. The number of hydrogen-bond donors (Lipinski definition) is 2. The Morgan fingerprint density at radius 1 is 1.26 bits per heavy atom. The lowest BCUT2D eigenvalue weighted by molar-refractivity contribution is -0.116. The Kier molecular flexibility index (Phi) is 3.97. The van der Waals surface area contributed by atoms with Gasteiger partial charge in [-0.05, 0) is 30.2 Å². The van der Waals surface area contributed by atoms with E-state index in [0.29, 0.717) is 13.0 Å². The maximum absolute atomic E-state index is 12.3. The zero-order chi connectivity index (χ0) is 16.4. The fourth-order valence-electron chi connectivity index (χ4n) is 2.84. The molecule has 0 saturated heterocycles. The summed E-state index contributed by atoms with van der Waals surface area (Å²) in [5, 5.41) is 12.6. The maximum atomic E-state index is 12.3. The minimum atomic E-state index is -0.431. The molecule has 23 heavy (non-hydrogen) atoms. The summed E-state index contributed by atoms with van der Waals surface area (Å²) < 4.78 is 0. The zero-order valence-corrected chi connectivity index (χ0v) is 12.7. The smallest absolute Gasteiger partial charge is 0.274 e. The van der Waals surface area contributed by atoms with E-state index in [4.69, 9.17) is 0 Å². The molecule has 0 bridgehead atoms. The third-order valence-electron chi connectivity index (χ3n) is 3.93. The first-order chi connectivity index (χ1) is 11.1. The van der Waals surface area contributed by atoms with Crippen molar-refractivity contribution in [1.82, 2.24) is 10.3 Å². The monoisotopic (exact) mass is 311 g/mol. The molecule has 2 amide bonds. The normalized spacial score (nSPS) is 16.6. The summed E-state index contributed by atoms with van der Waals surface area (Å²) in [6, 6.07) is 10.3. The summed E-state index contributed by atoms with van der Waals surface area (Å²) >= 11 is 0. The van der Waals surface area contributed by atoms with Crippen molar-refractivity contribution in [3.05, 3.63) is 53.9 Å². The van der Waals surface area contributed by atoms with Gasteiger partial charge in [0.1, 0.15) is 5.75 Å². The molecular formula is C17H17N3O3. The van der Waals surface area contributed by atoms with Crippen LogP contribution < -0.4 is 10.2 Å². The fraction of sp³-hybridized carbons (Fsp3) is 0.235. The molecule has 2 N–H and O–H groups in total. The Morgan fingerprint density at radius 2 is 2.04 bits per heavy atom. The Balaban J connectivity index is 1.87. The molecule has 6 nitrogen and oxygen atoms in total. The molecule has 1 aliphatic rings. The highest BCUT2D eigenvalue weighted by atomic mass is 16.3. The van der Waals surface area contributed by atoms with Crippen LogP contribution in [-0.4, -0.2) is 28.4 Å². The molecule has 1 unspecified atom stereocenters. The van der Waals surface area contributed by atoms with Crippen LogP contribution in [0.4, 0.5) is 5.69 Å². The van der Waals surface area contributed by atoms with Gasteiger partial charge in [0.2, 0.25) is 5.91 Å². The predicted octanol–water partition coefficient (Wildman–Crippen LogP) is 2.01. The highest BCUT2D eigenvalue weighted by molar-refractivity contribution is 5.96.